The summed E-state index contributed by atoms with van der Waals surface area (Å²) in [6.07, 6.45) is 5.76. The Balaban J connectivity index is 1.75. The molecule has 1 aromatic heterocycles. The second-order valence-electron chi connectivity index (χ2n) is 4.80. The molecule has 0 atom stereocenters. The van der Waals surface area contributed by atoms with Crippen molar-refractivity contribution in [2.75, 3.05) is 25.1 Å². The first-order valence-corrected chi connectivity index (χ1v) is 7.74. The van der Waals surface area contributed by atoms with Crippen LogP contribution in [0.2, 0.25) is 5.02 Å². The molecule has 0 amide bonds. The molecule has 2 rings (SSSR count). The van der Waals surface area contributed by atoms with Crippen LogP contribution in [0.5, 0.6) is 0 Å². The maximum absolute atomic E-state index is 5.88. The monoisotopic (exact) mass is 307 g/mol. The second-order valence-corrected chi connectivity index (χ2v) is 5.23. The van der Waals surface area contributed by atoms with Gasteiger partial charge in [-0.3, -0.25) is 0 Å². The van der Waals surface area contributed by atoms with Crippen molar-refractivity contribution in [2.24, 2.45) is 0 Å². The Morgan fingerprint density at radius 1 is 1.29 bits per heavy atom. The Morgan fingerprint density at radius 2 is 2.10 bits per heavy atom. The van der Waals surface area contributed by atoms with E-state index in [1.165, 1.54) is 5.56 Å². The highest BCUT2D eigenvalue weighted by molar-refractivity contribution is 6.30. The van der Waals surface area contributed by atoms with Gasteiger partial charge in [0.2, 0.25) is 5.95 Å². The van der Waals surface area contributed by atoms with E-state index in [4.69, 9.17) is 16.3 Å². The average Bonchev–Trinajstić information content (AvgIpc) is 2.93. The van der Waals surface area contributed by atoms with Crippen LogP contribution in [-0.2, 0) is 17.7 Å². The Bertz CT molecular complexity index is 525. The predicted molar refractivity (Wildman–Crippen MR) is 87.0 cm³/mol. The Morgan fingerprint density at radius 3 is 2.86 bits per heavy atom. The van der Waals surface area contributed by atoms with Crippen LogP contribution in [0.1, 0.15) is 18.9 Å². The van der Waals surface area contributed by atoms with E-state index < -0.39 is 0 Å². The minimum absolute atomic E-state index is 0.774. The van der Waals surface area contributed by atoms with Gasteiger partial charge < -0.3 is 14.6 Å². The molecule has 1 N–H and O–H groups in total. The predicted octanol–water partition coefficient (Wildman–Crippen LogP) is 3.62. The lowest BCUT2D eigenvalue weighted by Crippen LogP contribution is -2.11. The maximum Gasteiger partial charge on any atom is 0.202 e. The van der Waals surface area contributed by atoms with Crippen LogP contribution in [0.3, 0.4) is 0 Å². The van der Waals surface area contributed by atoms with Gasteiger partial charge in [-0.15, -0.1) is 0 Å². The van der Waals surface area contributed by atoms with Gasteiger partial charge in [-0.25, -0.2) is 4.98 Å². The highest BCUT2D eigenvalue weighted by atomic mass is 35.5. The molecule has 1 heterocycles. The summed E-state index contributed by atoms with van der Waals surface area (Å²) in [6.45, 7) is 5.35. The van der Waals surface area contributed by atoms with Crippen molar-refractivity contribution in [2.45, 2.75) is 26.3 Å². The van der Waals surface area contributed by atoms with E-state index in [0.29, 0.717) is 0 Å². The lowest BCUT2D eigenvalue weighted by atomic mass is 10.1. The smallest absolute Gasteiger partial charge is 0.202 e. The Labute approximate surface area is 131 Å². The van der Waals surface area contributed by atoms with Crippen molar-refractivity contribution in [3.8, 4) is 0 Å². The van der Waals surface area contributed by atoms with Crippen molar-refractivity contribution in [1.82, 2.24) is 9.55 Å². The number of nitrogens with one attached hydrogen (secondary N) is 1. The van der Waals surface area contributed by atoms with Crippen LogP contribution in [0.25, 0.3) is 0 Å². The molecule has 0 aliphatic carbocycles. The molecule has 0 spiro atoms. The molecule has 1 aromatic carbocycles. The molecule has 21 heavy (non-hydrogen) atoms. The normalized spacial score (nSPS) is 10.8. The molecule has 2 aromatic rings. The zero-order valence-corrected chi connectivity index (χ0v) is 13.1. The fourth-order valence-electron chi connectivity index (χ4n) is 2.11. The number of halogens is 1. The van der Waals surface area contributed by atoms with Gasteiger partial charge in [0.25, 0.3) is 0 Å². The molecular weight excluding hydrogens is 286 g/mol. The molecule has 0 fully saturated rings. The molecule has 4 nitrogen and oxygen atoms in total. The number of nitrogens with zero attached hydrogens (tertiary/aromatic N) is 2. The molecule has 5 heteroatoms. The molecule has 0 radical (unpaired) electrons. The summed E-state index contributed by atoms with van der Waals surface area (Å²) < 4.78 is 7.48. The largest absolute Gasteiger partial charge is 0.382 e. The summed E-state index contributed by atoms with van der Waals surface area (Å²) >= 11 is 5.88. The number of hydrogen-bond acceptors (Lipinski definition) is 3. The standard InChI is InChI=1S/C16H22ClN3O/c1-2-21-13-3-11-20-12-10-19-16(20)18-9-8-14-4-6-15(17)7-5-14/h4-7,10,12H,2-3,8-9,11,13H2,1H3,(H,18,19). The van der Waals surface area contributed by atoms with E-state index in [2.05, 4.69) is 27.0 Å². The lowest BCUT2D eigenvalue weighted by Gasteiger charge is -2.10. The number of ether oxygens (including phenoxy) is 1. The van der Waals surface area contributed by atoms with E-state index >= 15 is 0 Å². The van der Waals surface area contributed by atoms with Crippen LogP contribution in [0.15, 0.2) is 36.7 Å². The van der Waals surface area contributed by atoms with Gasteiger partial charge >= 0.3 is 0 Å². The van der Waals surface area contributed by atoms with Gasteiger partial charge in [-0.1, -0.05) is 23.7 Å². The third kappa shape index (κ3) is 5.40. The number of anilines is 1. The van der Waals surface area contributed by atoms with Crippen molar-refractivity contribution < 1.29 is 4.74 Å². The Kier molecular flexibility index (Phi) is 6.57. The molecule has 0 saturated carbocycles. The number of aromatic nitrogens is 2. The minimum Gasteiger partial charge on any atom is -0.382 e. The van der Waals surface area contributed by atoms with Crippen molar-refractivity contribution in [1.29, 1.82) is 0 Å². The number of hydrogen-bond donors (Lipinski definition) is 1. The van der Waals surface area contributed by atoms with E-state index in [1.807, 2.05) is 31.5 Å². The van der Waals surface area contributed by atoms with Crippen LogP contribution < -0.4 is 5.32 Å². The Hall–Kier alpha value is -1.52. The molecular formula is C16H22ClN3O. The van der Waals surface area contributed by atoms with E-state index in [9.17, 15) is 0 Å². The number of rotatable bonds is 9. The molecule has 0 bridgehead atoms. The highest BCUT2D eigenvalue weighted by Crippen LogP contribution is 2.11. The molecule has 0 unspecified atom stereocenters. The van der Waals surface area contributed by atoms with Crippen LogP contribution in [0.4, 0.5) is 5.95 Å². The molecule has 0 saturated heterocycles. The van der Waals surface area contributed by atoms with Crippen LogP contribution in [0, 0.1) is 0 Å². The van der Waals surface area contributed by atoms with Gasteiger partial charge in [-0.2, -0.15) is 0 Å². The SMILES string of the molecule is CCOCCCn1ccnc1NCCc1ccc(Cl)cc1. The second kappa shape index (κ2) is 8.70. The average molecular weight is 308 g/mol. The third-order valence-corrected chi connectivity index (χ3v) is 3.47. The summed E-state index contributed by atoms with van der Waals surface area (Å²) in [5.74, 6) is 0.917. The van der Waals surface area contributed by atoms with E-state index in [-0.39, 0.29) is 0 Å². The van der Waals surface area contributed by atoms with Crippen LogP contribution in [-0.4, -0.2) is 29.3 Å². The first kappa shape index (κ1) is 15.9. The number of imidazole rings is 1. The number of aryl methyl sites for hydroxylation is 1. The number of benzene rings is 1. The van der Waals surface area contributed by atoms with Gasteiger partial charge in [-0.05, 0) is 37.5 Å². The van der Waals surface area contributed by atoms with E-state index in [0.717, 1.165) is 50.1 Å². The summed E-state index contributed by atoms with van der Waals surface area (Å²) in [4.78, 5) is 4.35. The zero-order valence-electron chi connectivity index (χ0n) is 12.4. The van der Waals surface area contributed by atoms with Crippen LogP contribution >= 0.6 is 11.6 Å². The quantitative estimate of drug-likeness (QED) is 0.719. The van der Waals surface area contributed by atoms with Gasteiger partial charge in [0, 0.05) is 43.7 Å². The fraction of sp³-hybridized carbons (Fsp3) is 0.438. The zero-order chi connectivity index (χ0) is 14.9. The summed E-state index contributed by atoms with van der Waals surface area (Å²) in [7, 11) is 0. The lowest BCUT2D eigenvalue weighted by molar-refractivity contribution is 0.142. The third-order valence-electron chi connectivity index (χ3n) is 3.22. The first-order valence-electron chi connectivity index (χ1n) is 7.37. The van der Waals surface area contributed by atoms with E-state index in [1.54, 1.807) is 0 Å². The van der Waals surface area contributed by atoms with Crippen molar-refractivity contribution >= 4 is 17.5 Å². The maximum atomic E-state index is 5.88. The highest BCUT2D eigenvalue weighted by Gasteiger charge is 2.02. The van der Waals surface area contributed by atoms with Gasteiger partial charge in [0.15, 0.2) is 0 Å². The van der Waals surface area contributed by atoms with Gasteiger partial charge in [0.05, 0.1) is 0 Å². The first-order chi connectivity index (χ1) is 10.3. The summed E-state index contributed by atoms with van der Waals surface area (Å²) in [5, 5.41) is 4.15. The molecule has 0 aliphatic heterocycles. The van der Waals surface area contributed by atoms with Crippen molar-refractivity contribution in [3.63, 3.8) is 0 Å². The fourth-order valence-corrected chi connectivity index (χ4v) is 2.23. The molecule has 0 aliphatic rings. The van der Waals surface area contributed by atoms with Crippen molar-refractivity contribution in [3.05, 3.63) is 47.2 Å². The topological polar surface area (TPSA) is 39.1 Å². The summed E-state index contributed by atoms with van der Waals surface area (Å²) in [5.41, 5.74) is 1.27. The molecule has 114 valence electrons. The van der Waals surface area contributed by atoms with Gasteiger partial charge in [0.1, 0.15) is 0 Å². The summed E-state index contributed by atoms with van der Waals surface area (Å²) in [6, 6.07) is 7.95. The minimum atomic E-state index is 0.774.